The monoisotopic (exact) mass is 258 g/mol. The minimum Gasteiger partial charge on any atom is -0.316 e. The van der Waals surface area contributed by atoms with Crippen LogP contribution >= 0.6 is 0 Å². The van der Waals surface area contributed by atoms with Crippen LogP contribution in [0, 0.1) is 5.92 Å². The fraction of sp³-hybridized carbons (Fsp3) is 0.562. The van der Waals surface area contributed by atoms with Crippen LogP contribution in [0.15, 0.2) is 24.3 Å². The molecule has 1 amide bonds. The number of rotatable bonds is 1. The molecule has 102 valence electrons. The lowest BCUT2D eigenvalue weighted by Gasteiger charge is -2.36. The molecule has 1 aromatic carbocycles. The molecule has 1 fully saturated rings. The summed E-state index contributed by atoms with van der Waals surface area (Å²) >= 11 is 0. The number of nitrogens with one attached hydrogen (secondary N) is 1. The molecule has 0 bridgehead atoms. The number of para-hydroxylation sites is 1. The number of carbonyl (C=O) groups is 1. The predicted molar refractivity (Wildman–Crippen MR) is 77.4 cm³/mol. The summed E-state index contributed by atoms with van der Waals surface area (Å²) < 4.78 is 0. The number of benzene rings is 1. The van der Waals surface area contributed by atoms with Crippen LogP contribution in [0.5, 0.6) is 0 Å². The Kier molecular flexibility index (Phi) is 3.56. The molecule has 2 aliphatic heterocycles. The van der Waals surface area contributed by atoms with Crippen molar-refractivity contribution in [1.29, 1.82) is 0 Å². The van der Waals surface area contributed by atoms with E-state index in [-0.39, 0.29) is 5.92 Å². The van der Waals surface area contributed by atoms with E-state index >= 15 is 0 Å². The molecular weight excluding hydrogens is 236 g/mol. The summed E-state index contributed by atoms with van der Waals surface area (Å²) in [7, 11) is 0. The third kappa shape index (κ3) is 2.39. The maximum atomic E-state index is 12.7. The summed E-state index contributed by atoms with van der Waals surface area (Å²) in [6, 6.07) is 8.37. The second-order valence-electron chi connectivity index (χ2n) is 5.78. The zero-order valence-electron chi connectivity index (χ0n) is 11.6. The zero-order chi connectivity index (χ0) is 13.2. The lowest BCUT2D eigenvalue weighted by atomic mass is 9.89. The van der Waals surface area contributed by atoms with Crippen LogP contribution in [-0.2, 0) is 4.79 Å². The Morgan fingerprint density at radius 2 is 2.16 bits per heavy atom. The molecule has 1 N–H and O–H groups in total. The average Bonchev–Trinajstić information content (AvgIpc) is 2.48. The molecule has 3 rings (SSSR count). The van der Waals surface area contributed by atoms with Crippen LogP contribution in [0.3, 0.4) is 0 Å². The first kappa shape index (κ1) is 12.7. The fourth-order valence-electron chi connectivity index (χ4n) is 3.26. The molecule has 0 spiro atoms. The van der Waals surface area contributed by atoms with Gasteiger partial charge in [-0.2, -0.15) is 0 Å². The second kappa shape index (κ2) is 5.33. The molecule has 1 saturated heterocycles. The number of anilines is 1. The zero-order valence-corrected chi connectivity index (χ0v) is 11.6. The fourth-order valence-corrected chi connectivity index (χ4v) is 3.26. The Hall–Kier alpha value is -1.35. The second-order valence-corrected chi connectivity index (χ2v) is 5.78. The predicted octanol–water partition coefficient (Wildman–Crippen LogP) is 2.53. The first-order valence-corrected chi connectivity index (χ1v) is 7.38. The van der Waals surface area contributed by atoms with Gasteiger partial charge in [-0.05, 0) is 43.4 Å². The molecule has 0 radical (unpaired) electrons. The van der Waals surface area contributed by atoms with Crippen LogP contribution in [0.1, 0.15) is 37.7 Å². The van der Waals surface area contributed by atoms with E-state index < -0.39 is 0 Å². The summed E-state index contributed by atoms with van der Waals surface area (Å²) in [6.45, 7) is 5.01. The smallest absolute Gasteiger partial charge is 0.231 e. The summed E-state index contributed by atoms with van der Waals surface area (Å²) in [4.78, 5) is 14.7. The quantitative estimate of drug-likeness (QED) is 0.839. The summed E-state index contributed by atoms with van der Waals surface area (Å²) in [5.74, 6) is 1.03. The number of carbonyl (C=O) groups excluding carboxylic acids is 1. The molecule has 3 heteroatoms. The van der Waals surface area contributed by atoms with Crippen molar-refractivity contribution in [3.05, 3.63) is 29.8 Å². The van der Waals surface area contributed by atoms with Crippen LogP contribution in [0.4, 0.5) is 5.69 Å². The van der Waals surface area contributed by atoms with E-state index in [2.05, 4.69) is 30.4 Å². The van der Waals surface area contributed by atoms with Crippen LogP contribution in [0.25, 0.3) is 0 Å². The molecular formula is C16H22N2O. The number of piperidine rings is 1. The maximum Gasteiger partial charge on any atom is 0.231 e. The Morgan fingerprint density at radius 1 is 1.32 bits per heavy atom. The van der Waals surface area contributed by atoms with Crippen molar-refractivity contribution in [3.8, 4) is 0 Å². The normalized spacial score (nSPS) is 26.9. The van der Waals surface area contributed by atoms with Gasteiger partial charge in [-0.1, -0.05) is 25.1 Å². The largest absolute Gasteiger partial charge is 0.316 e. The summed E-state index contributed by atoms with van der Waals surface area (Å²) in [5, 5.41) is 3.34. The van der Waals surface area contributed by atoms with Crippen molar-refractivity contribution in [1.82, 2.24) is 5.32 Å². The van der Waals surface area contributed by atoms with Gasteiger partial charge in [0.15, 0.2) is 0 Å². The van der Waals surface area contributed by atoms with Crippen molar-refractivity contribution in [2.45, 2.75) is 32.1 Å². The molecule has 19 heavy (non-hydrogen) atoms. The van der Waals surface area contributed by atoms with Gasteiger partial charge >= 0.3 is 0 Å². The number of fused-ring (bicyclic) bond motifs is 1. The van der Waals surface area contributed by atoms with Gasteiger partial charge in [0.1, 0.15) is 0 Å². The highest BCUT2D eigenvalue weighted by Gasteiger charge is 2.31. The number of hydrogen-bond acceptors (Lipinski definition) is 2. The van der Waals surface area contributed by atoms with Gasteiger partial charge in [-0.25, -0.2) is 0 Å². The van der Waals surface area contributed by atoms with Gasteiger partial charge < -0.3 is 10.2 Å². The van der Waals surface area contributed by atoms with Crippen molar-refractivity contribution >= 4 is 11.6 Å². The first-order chi connectivity index (χ1) is 9.27. The Morgan fingerprint density at radius 3 is 2.95 bits per heavy atom. The van der Waals surface area contributed by atoms with E-state index in [0.29, 0.717) is 11.8 Å². The molecule has 3 nitrogen and oxygen atoms in total. The van der Waals surface area contributed by atoms with Gasteiger partial charge in [0.2, 0.25) is 5.91 Å². The highest BCUT2D eigenvalue weighted by atomic mass is 16.2. The molecule has 2 aliphatic rings. The van der Waals surface area contributed by atoms with Gasteiger partial charge in [-0.3, -0.25) is 4.79 Å². The summed E-state index contributed by atoms with van der Waals surface area (Å²) in [6.07, 6.45) is 3.21. The van der Waals surface area contributed by atoms with Crippen molar-refractivity contribution in [2.24, 2.45) is 5.92 Å². The minimum atomic E-state index is 0.162. The van der Waals surface area contributed by atoms with Gasteiger partial charge in [0.25, 0.3) is 0 Å². The maximum absolute atomic E-state index is 12.7. The van der Waals surface area contributed by atoms with Crippen LogP contribution in [0.2, 0.25) is 0 Å². The molecule has 0 aromatic heterocycles. The van der Waals surface area contributed by atoms with Gasteiger partial charge in [0.05, 0.1) is 5.92 Å². The number of nitrogens with zero attached hydrogens (tertiary/aromatic N) is 1. The van der Waals surface area contributed by atoms with Crippen LogP contribution in [-0.4, -0.2) is 25.5 Å². The molecule has 2 atom stereocenters. The highest BCUT2D eigenvalue weighted by molar-refractivity contribution is 5.96. The molecule has 1 aromatic rings. The van der Waals surface area contributed by atoms with Crippen molar-refractivity contribution < 1.29 is 4.79 Å². The molecule has 2 unspecified atom stereocenters. The number of amides is 1. The first-order valence-electron chi connectivity index (χ1n) is 7.38. The van der Waals surface area contributed by atoms with E-state index in [1.54, 1.807) is 0 Å². The van der Waals surface area contributed by atoms with E-state index in [9.17, 15) is 4.79 Å². The third-order valence-electron chi connectivity index (χ3n) is 4.46. The highest BCUT2D eigenvalue weighted by Crippen LogP contribution is 2.35. The number of hydrogen-bond donors (Lipinski definition) is 1. The third-order valence-corrected chi connectivity index (χ3v) is 4.46. The molecule has 0 aliphatic carbocycles. The molecule has 2 heterocycles. The van der Waals surface area contributed by atoms with E-state index in [1.165, 1.54) is 5.56 Å². The van der Waals surface area contributed by atoms with E-state index in [0.717, 1.165) is 44.6 Å². The van der Waals surface area contributed by atoms with Crippen molar-refractivity contribution in [3.63, 3.8) is 0 Å². The SMILES string of the molecule is CC1CCN(C(=O)C2CCCNC2)c2ccccc21. The van der Waals surface area contributed by atoms with Crippen LogP contribution < -0.4 is 10.2 Å². The lowest BCUT2D eigenvalue weighted by molar-refractivity contribution is -0.123. The average molecular weight is 258 g/mol. The van der Waals surface area contributed by atoms with Gasteiger partial charge in [0, 0.05) is 18.8 Å². The molecule has 0 saturated carbocycles. The Labute approximate surface area is 115 Å². The van der Waals surface area contributed by atoms with Gasteiger partial charge in [-0.15, -0.1) is 0 Å². The standard InChI is InChI=1S/C16H22N2O/c1-12-8-10-18(15-7-3-2-6-14(12)15)16(19)13-5-4-9-17-11-13/h2-3,6-7,12-13,17H,4-5,8-11H2,1H3. The lowest BCUT2D eigenvalue weighted by Crippen LogP contribution is -2.45. The Bertz CT molecular complexity index is 466. The van der Waals surface area contributed by atoms with E-state index in [4.69, 9.17) is 0 Å². The minimum absolute atomic E-state index is 0.162. The topological polar surface area (TPSA) is 32.3 Å². The van der Waals surface area contributed by atoms with Crippen molar-refractivity contribution in [2.75, 3.05) is 24.5 Å². The van der Waals surface area contributed by atoms with E-state index in [1.807, 2.05) is 11.0 Å². The Balaban J connectivity index is 1.85. The summed E-state index contributed by atoms with van der Waals surface area (Å²) in [5.41, 5.74) is 2.46.